The summed E-state index contributed by atoms with van der Waals surface area (Å²) >= 11 is 0. The van der Waals surface area contributed by atoms with Crippen molar-refractivity contribution in [1.82, 2.24) is 0 Å². The van der Waals surface area contributed by atoms with E-state index >= 15 is 0 Å². The van der Waals surface area contributed by atoms with E-state index in [0.717, 1.165) is 23.5 Å². The fraction of sp³-hybridized carbons (Fsp3) is 0.0741. The zero-order valence-electron chi connectivity index (χ0n) is 17.1. The largest absolute Gasteiger partial charge is 0.493 e. The summed E-state index contributed by atoms with van der Waals surface area (Å²) in [5.41, 5.74) is 4.49. The van der Waals surface area contributed by atoms with E-state index in [9.17, 15) is 4.79 Å². The highest BCUT2D eigenvalue weighted by atomic mass is 16.5. The molecule has 31 heavy (non-hydrogen) atoms. The van der Waals surface area contributed by atoms with Gasteiger partial charge in [0, 0.05) is 29.0 Å². The van der Waals surface area contributed by atoms with Gasteiger partial charge in [-0.1, -0.05) is 54.6 Å². The smallest absolute Gasteiger partial charge is 0.255 e. The lowest BCUT2D eigenvalue weighted by Crippen LogP contribution is -2.12. The minimum absolute atomic E-state index is 0.169. The van der Waals surface area contributed by atoms with E-state index < -0.39 is 0 Å². The van der Waals surface area contributed by atoms with E-state index in [2.05, 4.69) is 22.8 Å². The van der Waals surface area contributed by atoms with Crippen LogP contribution in [0.2, 0.25) is 0 Å². The number of benzene rings is 4. The minimum Gasteiger partial charge on any atom is -0.493 e. The first-order valence-corrected chi connectivity index (χ1v) is 10.3. The Labute approximate surface area is 182 Å². The molecular formula is C27H24N2O2. The van der Waals surface area contributed by atoms with Crippen LogP contribution in [0.3, 0.4) is 0 Å². The molecule has 154 valence electrons. The molecule has 4 nitrogen and oxygen atoms in total. The van der Waals surface area contributed by atoms with Crippen molar-refractivity contribution in [2.24, 2.45) is 0 Å². The van der Waals surface area contributed by atoms with Gasteiger partial charge in [-0.2, -0.15) is 0 Å². The molecule has 0 bridgehead atoms. The fourth-order valence-corrected chi connectivity index (χ4v) is 3.19. The van der Waals surface area contributed by atoms with Crippen molar-refractivity contribution in [2.75, 3.05) is 17.2 Å². The lowest BCUT2D eigenvalue weighted by atomic mass is 10.1. The second-order valence-corrected chi connectivity index (χ2v) is 7.13. The van der Waals surface area contributed by atoms with Crippen LogP contribution in [-0.2, 0) is 6.42 Å². The van der Waals surface area contributed by atoms with E-state index in [1.165, 1.54) is 5.56 Å². The highest BCUT2D eigenvalue weighted by Gasteiger charge is 2.08. The zero-order valence-corrected chi connectivity index (χ0v) is 17.1. The summed E-state index contributed by atoms with van der Waals surface area (Å²) in [6.45, 7) is 0.560. The first-order chi connectivity index (χ1) is 15.3. The Bertz CT molecular complexity index is 1110. The number of amides is 1. The zero-order chi connectivity index (χ0) is 21.3. The number of nitrogens with one attached hydrogen (secondary N) is 2. The van der Waals surface area contributed by atoms with Crippen LogP contribution in [0.4, 0.5) is 17.1 Å². The summed E-state index contributed by atoms with van der Waals surface area (Å²) in [4.78, 5) is 12.7. The molecule has 2 N–H and O–H groups in total. The number of ether oxygens (including phenoxy) is 1. The average molecular weight is 409 g/mol. The van der Waals surface area contributed by atoms with Gasteiger partial charge in [0.05, 0.1) is 6.61 Å². The van der Waals surface area contributed by atoms with Gasteiger partial charge in [-0.05, 0) is 60.2 Å². The number of anilines is 3. The number of rotatable bonds is 8. The lowest BCUT2D eigenvalue weighted by molar-refractivity contribution is 0.102. The highest BCUT2D eigenvalue weighted by molar-refractivity contribution is 6.04. The molecule has 4 aromatic rings. The molecule has 0 radical (unpaired) electrons. The van der Waals surface area contributed by atoms with Crippen LogP contribution in [-0.4, -0.2) is 12.5 Å². The molecule has 0 fully saturated rings. The maximum Gasteiger partial charge on any atom is 0.255 e. The van der Waals surface area contributed by atoms with Crippen molar-refractivity contribution < 1.29 is 9.53 Å². The number of para-hydroxylation sites is 1. The maximum atomic E-state index is 12.7. The molecule has 4 aromatic carbocycles. The minimum atomic E-state index is -0.169. The van der Waals surface area contributed by atoms with Crippen LogP contribution in [0.25, 0.3) is 0 Å². The number of carbonyl (C=O) groups is 1. The van der Waals surface area contributed by atoms with Crippen molar-refractivity contribution in [3.63, 3.8) is 0 Å². The van der Waals surface area contributed by atoms with Gasteiger partial charge in [-0.25, -0.2) is 0 Å². The van der Waals surface area contributed by atoms with Gasteiger partial charge in [-0.3, -0.25) is 4.79 Å². The highest BCUT2D eigenvalue weighted by Crippen LogP contribution is 2.20. The first-order valence-electron chi connectivity index (χ1n) is 10.3. The Kier molecular flexibility index (Phi) is 6.61. The molecule has 0 aliphatic rings. The summed E-state index contributed by atoms with van der Waals surface area (Å²) in [6.07, 6.45) is 0.820. The fourth-order valence-electron chi connectivity index (χ4n) is 3.19. The number of hydrogen-bond donors (Lipinski definition) is 2. The molecule has 0 saturated carbocycles. The molecular weight excluding hydrogens is 384 g/mol. The summed E-state index contributed by atoms with van der Waals surface area (Å²) in [7, 11) is 0. The summed E-state index contributed by atoms with van der Waals surface area (Å²) in [5.74, 6) is 0.517. The quantitative estimate of drug-likeness (QED) is 0.359. The molecule has 0 saturated heterocycles. The van der Waals surface area contributed by atoms with Crippen molar-refractivity contribution in [2.45, 2.75) is 6.42 Å². The van der Waals surface area contributed by atoms with Crippen LogP contribution in [0.5, 0.6) is 5.75 Å². The van der Waals surface area contributed by atoms with Gasteiger partial charge in [0.25, 0.3) is 5.91 Å². The van der Waals surface area contributed by atoms with E-state index in [0.29, 0.717) is 17.9 Å². The molecule has 4 heteroatoms. The molecule has 1 amide bonds. The van der Waals surface area contributed by atoms with Gasteiger partial charge in [0.2, 0.25) is 0 Å². The monoisotopic (exact) mass is 408 g/mol. The van der Waals surface area contributed by atoms with Crippen molar-refractivity contribution in [1.29, 1.82) is 0 Å². The maximum absolute atomic E-state index is 12.7. The van der Waals surface area contributed by atoms with Crippen molar-refractivity contribution in [3.05, 3.63) is 120 Å². The van der Waals surface area contributed by atoms with E-state index in [4.69, 9.17) is 4.74 Å². The average Bonchev–Trinajstić information content (AvgIpc) is 2.82. The van der Waals surface area contributed by atoms with Crippen LogP contribution < -0.4 is 15.4 Å². The predicted molar refractivity (Wildman–Crippen MR) is 126 cm³/mol. The Morgan fingerprint density at radius 3 is 2.06 bits per heavy atom. The van der Waals surface area contributed by atoms with Gasteiger partial charge < -0.3 is 15.4 Å². The van der Waals surface area contributed by atoms with Gasteiger partial charge in [0.15, 0.2) is 0 Å². The van der Waals surface area contributed by atoms with E-state index in [1.54, 1.807) is 12.1 Å². The molecule has 0 heterocycles. The van der Waals surface area contributed by atoms with Gasteiger partial charge in [0.1, 0.15) is 5.75 Å². The SMILES string of the molecule is O=C(Nc1ccc(Nc2ccccc2)cc1)c1cccc(OCCc2ccccc2)c1. The summed E-state index contributed by atoms with van der Waals surface area (Å²) < 4.78 is 5.84. The molecule has 0 atom stereocenters. The Morgan fingerprint density at radius 2 is 1.32 bits per heavy atom. The van der Waals surface area contributed by atoms with Crippen LogP contribution in [0.15, 0.2) is 109 Å². The normalized spacial score (nSPS) is 10.3. The third kappa shape index (κ3) is 5.97. The number of hydrogen-bond acceptors (Lipinski definition) is 3. The second-order valence-electron chi connectivity index (χ2n) is 7.13. The van der Waals surface area contributed by atoms with Crippen LogP contribution in [0.1, 0.15) is 15.9 Å². The molecule has 0 spiro atoms. The Morgan fingerprint density at radius 1 is 0.677 bits per heavy atom. The Balaban J connectivity index is 1.32. The third-order valence-corrected chi connectivity index (χ3v) is 4.80. The predicted octanol–water partition coefficient (Wildman–Crippen LogP) is 6.30. The number of carbonyl (C=O) groups excluding carboxylic acids is 1. The topological polar surface area (TPSA) is 50.4 Å². The van der Waals surface area contributed by atoms with Crippen molar-refractivity contribution >= 4 is 23.0 Å². The Hall–Kier alpha value is -4.05. The third-order valence-electron chi connectivity index (χ3n) is 4.80. The molecule has 0 aliphatic carbocycles. The summed E-state index contributed by atoms with van der Waals surface area (Å²) in [5, 5.41) is 6.26. The van der Waals surface area contributed by atoms with E-state index in [-0.39, 0.29) is 5.91 Å². The molecule has 0 aliphatic heterocycles. The molecule has 4 rings (SSSR count). The first kappa shape index (κ1) is 20.2. The lowest BCUT2D eigenvalue weighted by Gasteiger charge is -2.10. The van der Waals surface area contributed by atoms with Crippen LogP contribution in [0, 0.1) is 0 Å². The van der Waals surface area contributed by atoms with Crippen molar-refractivity contribution in [3.8, 4) is 5.75 Å². The van der Waals surface area contributed by atoms with Gasteiger partial charge >= 0.3 is 0 Å². The van der Waals surface area contributed by atoms with Gasteiger partial charge in [-0.15, -0.1) is 0 Å². The van der Waals surface area contributed by atoms with E-state index in [1.807, 2.05) is 84.9 Å². The second kappa shape index (κ2) is 10.1. The molecule has 0 unspecified atom stereocenters. The van der Waals surface area contributed by atoms with Crippen LogP contribution >= 0.6 is 0 Å². The molecule has 0 aromatic heterocycles. The summed E-state index contributed by atoms with van der Waals surface area (Å²) in [6, 6.07) is 35.0. The standard InChI is InChI=1S/C27H24N2O2/c30-27(29-25-16-14-24(15-17-25)28-23-11-5-2-6-12-23)22-10-7-13-26(20-22)31-19-18-21-8-3-1-4-9-21/h1-17,20,28H,18-19H2,(H,29,30).